The minimum Gasteiger partial charge on any atom is -0.266 e. The number of aromatic nitrogens is 3. The molecule has 0 spiro atoms. The predicted molar refractivity (Wildman–Crippen MR) is 146 cm³/mol. The molecule has 0 aliphatic heterocycles. The summed E-state index contributed by atoms with van der Waals surface area (Å²) in [5.41, 5.74) is -0.0370. The summed E-state index contributed by atoms with van der Waals surface area (Å²) < 4.78 is 2.12. The van der Waals surface area contributed by atoms with Gasteiger partial charge in [-0.25, -0.2) is 0 Å². The SMILES string of the molecule is N#Cc1c(=O)n(-c2ccc(Cl)cc2)nc2c(=O)n(N=Cc3ccccc3Cl)c(-c3ccccc3Cl)cc12. The van der Waals surface area contributed by atoms with Gasteiger partial charge in [-0.15, -0.1) is 0 Å². The van der Waals surface area contributed by atoms with Crippen LogP contribution in [0.4, 0.5) is 0 Å². The van der Waals surface area contributed by atoms with Crippen LogP contribution in [-0.2, 0) is 0 Å². The van der Waals surface area contributed by atoms with Gasteiger partial charge < -0.3 is 0 Å². The lowest BCUT2D eigenvalue weighted by atomic mass is 10.1. The van der Waals surface area contributed by atoms with Crippen LogP contribution in [0.5, 0.6) is 0 Å². The molecule has 0 N–H and O–H groups in total. The quantitative estimate of drug-likeness (QED) is 0.261. The molecule has 2 heterocycles. The number of hydrogen-bond donors (Lipinski definition) is 0. The molecule has 0 bridgehead atoms. The van der Waals surface area contributed by atoms with Crippen LogP contribution in [0.15, 0.2) is 93.6 Å². The number of nitriles is 1. The fraction of sp³-hybridized carbons (Fsp3) is 0. The minimum absolute atomic E-state index is 0.0850. The van der Waals surface area contributed by atoms with Gasteiger partial charge >= 0.3 is 0 Å². The topological polar surface area (TPSA) is 93.0 Å². The van der Waals surface area contributed by atoms with E-state index in [0.29, 0.717) is 31.9 Å². The maximum absolute atomic E-state index is 13.8. The highest BCUT2D eigenvalue weighted by atomic mass is 35.5. The average molecular weight is 547 g/mol. The fourth-order valence-corrected chi connectivity index (χ4v) is 4.33. The fourth-order valence-electron chi connectivity index (χ4n) is 3.79. The summed E-state index contributed by atoms with van der Waals surface area (Å²) in [5, 5.41) is 20.0. The van der Waals surface area contributed by atoms with Crippen LogP contribution < -0.4 is 11.1 Å². The Morgan fingerprint density at radius 2 is 1.54 bits per heavy atom. The Bertz CT molecular complexity index is 1870. The Kier molecular flexibility index (Phi) is 6.64. The maximum atomic E-state index is 13.8. The van der Waals surface area contributed by atoms with Gasteiger partial charge in [0, 0.05) is 31.6 Å². The summed E-state index contributed by atoms with van der Waals surface area (Å²) in [6.45, 7) is 0. The standard InChI is InChI=1S/C27H14Cl3N5O2/c28-17-9-11-18(12-10-17)34-26(36)21(14-31)20-13-24(19-6-2-4-8-23(19)30)35(27(37)25(20)33-34)32-15-16-5-1-3-7-22(16)29/h1-13,15H. The summed E-state index contributed by atoms with van der Waals surface area (Å²) in [4.78, 5) is 27.0. The summed E-state index contributed by atoms with van der Waals surface area (Å²) >= 11 is 18.7. The molecule has 0 aliphatic carbocycles. The molecule has 0 radical (unpaired) electrons. The van der Waals surface area contributed by atoms with Crippen molar-refractivity contribution in [2.24, 2.45) is 5.10 Å². The summed E-state index contributed by atoms with van der Waals surface area (Å²) in [5.74, 6) is 0. The first-order valence-electron chi connectivity index (χ1n) is 10.8. The number of nitrogens with zero attached hydrogens (tertiary/aromatic N) is 5. The summed E-state index contributed by atoms with van der Waals surface area (Å²) in [6.07, 6.45) is 1.44. The first kappa shape index (κ1) is 24.5. The highest BCUT2D eigenvalue weighted by Crippen LogP contribution is 2.29. The van der Waals surface area contributed by atoms with E-state index in [1.807, 2.05) is 6.07 Å². The van der Waals surface area contributed by atoms with E-state index in [0.717, 1.165) is 9.36 Å². The molecule has 0 saturated heterocycles. The molecule has 0 aliphatic rings. The lowest BCUT2D eigenvalue weighted by Gasteiger charge is -2.13. The first-order chi connectivity index (χ1) is 17.9. The van der Waals surface area contributed by atoms with Gasteiger partial charge in [-0.2, -0.15) is 24.8 Å². The van der Waals surface area contributed by atoms with E-state index < -0.39 is 11.1 Å². The van der Waals surface area contributed by atoms with E-state index in [4.69, 9.17) is 34.8 Å². The molecule has 0 amide bonds. The maximum Gasteiger partial charge on any atom is 0.299 e. The van der Waals surface area contributed by atoms with Crippen molar-refractivity contribution in [3.05, 3.63) is 126 Å². The lowest BCUT2D eigenvalue weighted by Crippen LogP contribution is -2.29. The van der Waals surface area contributed by atoms with Crippen LogP contribution in [0.25, 0.3) is 27.8 Å². The molecule has 7 nitrogen and oxygen atoms in total. The molecule has 180 valence electrons. The van der Waals surface area contributed by atoms with E-state index in [-0.39, 0.29) is 22.2 Å². The van der Waals surface area contributed by atoms with Crippen molar-refractivity contribution in [1.29, 1.82) is 5.26 Å². The van der Waals surface area contributed by atoms with Gasteiger partial charge in [0.25, 0.3) is 11.1 Å². The van der Waals surface area contributed by atoms with Crippen molar-refractivity contribution in [2.45, 2.75) is 0 Å². The van der Waals surface area contributed by atoms with Crippen LogP contribution in [0.1, 0.15) is 11.1 Å². The Morgan fingerprint density at radius 1 is 0.865 bits per heavy atom. The van der Waals surface area contributed by atoms with Crippen molar-refractivity contribution in [2.75, 3.05) is 0 Å². The third-order valence-corrected chi connectivity index (χ3v) is 6.51. The smallest absolute Gasteiger partial charge is 0.266 e. The van der Waals surface area contributed by atoms with Crippen molar-refractivity contribution in [3.8, 4) is 23.0 Å². The van der Waals surface area contributed by atoms with E-state index in [1.54, 1.807) is 72.8 Å². The van der Waals surface area contributed by atoms with Crippen molar-refractivity contribution in [3.63, 3.8) is 0 Å². The number of rotatable bonds is 4. The molecule has 2 aromatic heterocycles. The van der Waals surface area contributed by atoms with E-state index in [1.165, 1.54) is 12.3 Å². The predicted octanol–water partition coefficient (Wildman–Crippen LogP) is 5.93. The normalized spacial score (nSPS) is 11.2. The number of fused-ring (bicyclic) bond motifs is 1. The molecule has 0 unspecified atom stereocenters. The van der Waals surface area contributed by atoms with Crippen LogP contribution in [-0.4, -0.2) is 20.7 Å². The van der Waals surface area contributed by atoms with Gasteiger partial charge in [0.1, 0.15) is 11.6 Å². The molecule has 5 aromatic rings. The zero-order valence-electron chi connectivity index (χ0n) is 18.8. The van der Waals surface area contributed by atoms with Crippen LogP contribution in [0.3, 0.4) is 0 Å². The number of halogens is 3. The van der Waals surface area contributed by atoms with E-state index in [9.17, 15) is 14.9 Å². The molecular formula is C27H14Cl3N5O2. The Morgan fingerprint density at radius 3 is 2.22 bits per heavy atom. The highest BCUT2D eigenvalue weighted by Gasteiger charge is 2.20. The summed E-state index contributed by atoms with van der Waals surface area (Å²) in [7, 11) is 0. The number of pyridine rings is 1. The second-order valence-electron chi connectivity index (χ2n) is 7.83. The Balaban J connectivity index is 1.87. The zero-order chi connectivity index (χ0) is 26.1. The number of hydrogen-bond acceptors (Lipinski definition) is 5. The van der Waals surface area contributed by atoms with Crippen molar-refractivity contribution >= 4 is 51.9 Å². The second kappa shape index (κ2) is 10.0. The van der Waals surface area contributed by atoms with Crippen molar-refractivity contribution < 1.29 is 0 Å². The Hall–Kier alpha value is -4.22. The van der Waals surface area contributed by atoms with E-state index in [2.05, 4.69) is 10.2 Å². The van der Waals surface area contributed by atoms with E-state index >= 15 is 0 Å². The van der Waals surface area contributed by atoms with Crippen LogP contribution in [0.2, 0.25) is 15.1 Å². The monoisotopic (exact) mass is 545 g/mol. The van der Waals surface area contributed by atoms with Gasteiger partial charge in [-0.05, 0) is 42.5 Å². The van der Waals surface area contributed by atoms with Crippen molar-refractivity contribution in [1.82, 2.24) is 14.5 Å². The molecule has 0 saturated carbocycles. The molecule has 5 rings (SSSR count). The van der Waals surface area contributed by atoms with Gasteiger partial charge in [0.2, 0.25) is 0 Å². The van der Waals surface area contributed by atoms with Crippen LogP contribution >= 0.6 is 34.8 Å². The third kappa shape index (κ3) is 4.54. The van der Waals surface area contributed by atoms with Gasteiger partial charge in [0.15, 0.2) is 5.52 Å². The molecule has 37 heavy (non-hydrogen) atoms. The second-order valence-corrected chi connectivity index (χ2v) is 9.09. The van der Waals surface area contributed by atoms with Gasteiger partial charge in [0.05, 0.1) is 17.6 Å². The largest absolute Gasteiger partial charge is 0.299 e. The first-order valence-corrected chi connectivity index (χ1v) is 12.0. The van der Waals surface area contributed by atoms with Crippen LogP contribution in [0, 0.1) is 11.3 Å². The third-order valence-electron chi connectivity index (χ3n) is 5.59. The molecular weight excluding hydrogens is 533 g/mol. The Labute approximate surface area is 225 Å². The molecule has 3 aromatic carbocycles. The summed E-state index contributed by atoms with van der Waals surface area (Å²) in [6, 6.07) is 23.6. The molecule has 0 atom stereocenters. The zero-order valence-corrected chi connectivity index (χ0v) is 21.0. The number of benzene rings is 3. The van der Waals surface area contributed by atoms with Gasteiger partial charge in [-0.3, -0.25) is 9.59 Å². The average Bonchev–Trinajstić information content (AvgIpc) is 2.90. The minimum atomic E-state index is -0.681. The highest BCUT2D eigenvalue weighted by molar-refractivity contribution is 6.33. The molecule has 10 heteroatoms. The lowest BCUT2D eigenvalue weighted by molar-refractivity contribution is 0.802. The van der Waals surface area contributed by atoms with Gasteiger partial charge in [-0.1, -0.05) is 71.2 Å². The molecule has 0 fully saturated rings.